The molecule has 3 amide bonds. The molecule has 178 valence electrons. The van der Waals surface area contributed by atoms with Crippen molar-refractivity contribution in [3.63, 3.8) is 0 Å². The van der Waals surface area contributed by atoms with E-state index in [9.17, 15) is 14.4 Å². The maximum atomic E-state index is 13.1. The van der Waals surface area contributed by atoms with E-state index in [1.54, 1.807) is 60.7 Å². The molecule has 1 heterocycles. The molecule has 11 heteroatoms. The number of carbonyl (C=O) groups is 3. The predicted octanol–water partition coefficient (Wildman–Crippen LogP) is 5.68. The van der Waals surface area contributed by atoms with Gasteiger partial charge in [0.05, 0.1) is 28.4 Å². The Morgan fingerprint density at radius 3 is 2.40 bits per heavy atom. The first-order chi connectivity index (χ1) is 16.8. The first-order valence-electron chi connectivity index (χ1n) is 10.1. The highest BCUT2D eigenvalue weighted by Crippen LogP contribution is 2.27. The van der Waals surface area contributed by atoms with Gasteiger partial charge in [-0.15, -0.1) is 0 Å². The van der Waals surface area contributed by atoms with Crippen LogP contribution in [0.4, 0.5) is 11.4 Å². The number of hydrogen-bond acceptors (Lipinski definition) is 4. The second kappa shape index (κ2) is 10.4. The summed E-state index contributed by atoms with van der Waals surface area (Å²) in [6.07, 6.45) is 0. The molecule has 0 atom stereocenters. The van der Waals surface area contributed by atoms with Crippen molar-refractivity contribution in [3.8, 4) is 5.75 Å². The predicted molar refractivity (Wildman–Crippen MR) is 140 cm³/mol. The fourth-order valence-corrected chi connectivity index (χ4v) is 4.00. The van der Waals surface area contributed by atoms with E-state index in [-0.39, 0.29) is 10.7 Å². The van der Waals surface area contributed by atoms with E-state index < -0.39 is 17.7 Å². The third-order valence-electron chi connectivity index (χ3n) is 4.95. The molecule has 35 heavy (non-hydrogen) atoms. The second-order valence-corrected chi connectivity index (χ2v) is 8.98. The van der Waals surface area contributed by atoms with Crippen LogP contribution in [0.1, 0.15) is 10.5 Å². The first-order valence-corrected chi connectivity index (χ1v) is 11.6. The average molecular weight is 576 g/mol. The molecule has 4 aromatic rings. The molecule has 0 aliphatic rings. The maximum absolute atomic E-state index is 13.1. The van der Waals surface area contributed by atoms with Gasteiger partial charge in [-0.25, -0.2) is 4.68 Å². The first kappa shape index (κ1) is 24.6. The van der Waals surface area contributed by atoms with E-state index in [0.717, 1.165) is 4.47 Å². The minimum atomic E-state index is -0.986. The number of fused-ring (bicyclic) bond motifs is 1. The third-order valence-corrected chi connectivity index (χ3v) is 6.18. The summed E-state index contributed by atoms with van der Waals surface area (Å²) in [5, 5.41) is 6.50. The van der Waals surface area contributed by atoms with Crippen LogP contribution in [-0.4, -0.2) is 29.5 Å². The van der Waals surface area contributed by atoms with Gasteiger partial charge < -0.3 is 15.4 Å². The molecule has 3 N–H and O–H groups in total. The molecule has 0 aliphatic carbocycles. The van der Waals surface area contributed by atoms with Crippen molar-refractivity contribution in [2.45, 2.75) is 0 Å². The van der Waals surface area contributed by atoms with Gasteiger partial charge in [-0.3, -0.25) is 19.8 Å². The summed E-state index contributed by atoms with van der Waals surface area (Å²) in [4.78, 5) is 38.5. The summed E-state index contributed by atoms with van der Waals surface area (Å²) in [5.41, 5.74) is 3.82. The molecule has 0 bridgehead atoms. The van der Waals surface area contributed by atoms with E-state index in [1.807, 2.05) is 0 Å². The van der Waals surface area contributed by atoms with Crippen molar-refractivity contribution >= 4 is 79.1 Å². The van der Waals surface area contributed by atoms with Gasteiger partial charge in [0.2, 0.25) is 0 Å². The van der Waals surface area contributed by atoms with Crippen LogP contribution < -0.4 is 20.8 Å². The summed E-state index contributed by atoms with van der Waals surface area (Å²) < 4.78 is 7.22. The Kier molecular flexibility index (Phi) is 7.30. The molecular formula is C24H17BrCl2N4O4. The summed E-state index contributed by atoms with van der Waals surface area (Å²) in [5.74, 6) is -2.07. The number of ether oxygens (including phenoxy) is 1. The van der Waals surface area contributed by atoms with Crippen LogP contribution in [0.2, 0.25) is 10.0 Å². The molecule has 8 nitrogen and oxygen atoms in total. The summed E-state index contributed by atoms with van der Waals surface area (Å²) in [6.45, 7) is 0. The van der Waals surface area contributed by atoms with Crippen molar-refractivity contribution in [2.24, 2.45) is 0 Å². The molecule has 0 fully saturated rings. The zero-order valence-electron chi connectivity index (χ0n) is 18.1. The summed E-state index contributed by atoms with van der Waals surface area (Å²) in [6, 6.07) is 18.1. The number of nitrogens with one attached hydrogen (secondary N) is 3. The molecule has 0 saturated carbocycles. The average Bonchev–Trinajstić information content (AvgIpc) is 3.19. The highest BCUT2D eigenvalue weighted by atomic mass is 79.9. The Bertz CT molecular complexity index is 1470. The van der Waals surface area contributed by atoms with Crippen LogP contribution in [0.5, 0.6) is 5.75 Å². The van der Waals surface area contributed by atoms with Crippen LogP contribution in [0, 0.1) is 0 Å². The van der Waals surface area contributed by atoms with E-state index in [1.165, 1.54) is 17.9 Å². The minimum absolute atomic E-state index is 0.0858. The van der Waals surface area contributed by atoms with Gasteiger partial charge in [-0.1, -0.05) is 51.3 Å². The smallest absolute Gasteiger partial charge is 0.328 e. The Morgan fingerprint density at radius 2 is 1.66 bits per heavy atom. The number of carbonyl (C=O) groups excluding carboxylic acids is 3. The van der Waals surface area contributed by atoms with Crippen LogP contribution in [0.15, 0.2) is 71.2 Å². The molecular weight excluding hydrogens is 559 g/mol. The highest BCUT2D eigenvalue weighted by Gasteiger charge is 2.22. The number of benzene rings is 3. The fraction of sp³-hybridized carbons (Fsp3) is 0.0417. The van der Waals surface area contributed by atoms with Crippen LogP contribution >= 0.6 is 39.1 Å². The van der Waals surface area contributed by atoms with Gasteiger partial charge in [0.25, 0.3) is 5.91 Å². The van der Waals surface area contributed by atoms with E-state index in [2.05, 4.69) is 32.0 Å². The van der Waals surface area contributed by atoms with Crippen LogP contribution in [0.25, 0.3) is 10.9 Å². The second-order valence-electron chi connectivity index (χ2n) is 7.25. The molecule has 4 rings (SSSR count). The van der Waals surface area contributed by atoms with Crippen LogP contribution in [0.3, 0.4) is 0 Å². The maximum Gasteiger partial charge on any atom is 0.328 e. The topological polar surface area (TPSA) is 101 Å². The van der Waals surface area contributed by atoms with E-state index in [4.69, 9.17) is 27.9 Å². The van der Waals surface area contributed by atoms with Crippen molar-refractivity contribution < 1.29 is 19.1 Å². The molecule has 0 unspecified atom stereocenters. The number of aromatic nitrogens is 1. The van der Waals surface area contributed by atoms with Crippen molar-refractivity contribution in [1.82, 2.24) is 4.68 Å². The zero-order valence-corrected chi connectivity index (χ0v) is 21.2. The quantitative estimate of drug-likeness (QED) is 0.266. The number of halogens is 3. The lowest BCUT2D eigenvalue weighted by Gasteiger charge is -2.14. The molecule has 0 radical (unpaired) electrons. The fourth-order valence-electron chi connectivity index (χ4n) is 3.32. The van der Waals surface area contributed by atoms with Gasteiger partial charge in [-0.05, 0) is 54.6 Å². The van der Waals surface area contributed by atoms with Gasteiger partial charge in [0.15, 0.2) is 0 Å². The number of hydrogen-bond donors (Lipinski definition) is 3. The number of amides is 3. The number of nitrogens with zero attached hydrogens (tertiary/aromatic N) is 1. The third kappa shape index (κ3) is 5.43. The monoisotopic (exact) mass is 574 g/mol. The largest absolute Gasteiger partial charge is 0.495 e. The summed E-state index contributed by atoms with van der Waals surface area (Å²) in [7, 11) is 1.45. The molecule has 1 aromatic heterocycles. The van der Waals surface area contributed by atoms with Crippen LogP contribution in [-0.2, 0) is 9.59 Å². The van der Waals surface area contributed by atoms with Gasteiger partial charge in [0, 0.05) is 15.5 Å². The Hall–Kier alpha value is -3.53. The minimum Gasteiger partial charge on any atom is -0.495 e. The van der Waals surface area contributed by atoms with Gasteiger partial charge in [-0.2, -0.15) is 0 Å². The van der Waals surface area contributed by atoms with E-state index in [0.29, 0.717) is 33.0 Å². The lowest BCUT2D eigenvalue weighted by Crippen LogP contribution is -2.36. The molecule has 3 aromatic carbocycles. The standard InChI is InChI=1S/C24H17BrCl2N4O4/c1-35-21-5-3-2-4-18(21)29-23(33)24(34)30-31-19-9-6-14(25)10-13(19)11-20(31)22(32)28-15-7-8-16(26)17(27)12-15/h2-12H,1H3,(H,28,32)(H,29,33)(H,30,34). The normalized spacial score (nSPS) is 10.6. The Balaban J connectivity index is 1.63. The SMILES string of the molecule is COc1ccccc1NC(=O)C(=O)Nn1c(C(=O)Nc2ccc(Cl)c(Cl)c2)cc2cc(Br)ccc21. The number of rotatable bonds is 5. The van der Waals surface area contributed by atoms with Crippen molar-refractivity contribution in [3.05, 3.63) is 86.9 Å². The van der Waals surface area contributed by atoms with Crippen molar-refractivity contribution in [1.29, 1.82) is 0 Å². The molecule has 0 aliphatic heterocycles. The Labute approximate surface area is 218 Å². The molecule has 0 saturated heterocycles. The summed E-state index contributed by atoms with van der Waals surface area (Å²) >= 11 is 15.4. The molecule has 0 spiro atoms. The lowest BCUT2D eigenvalue weighted by atomic mass is 10.2. The number of anilines is 2. The van der Waals surface area contributed by atoms with Gasteiger partial charge >= 0.3 is 11.8 Å². The van der Waals surface area contributed by atoms with Crippen molar-refractivity contribution in [2.75, 3.05) is 23.2 Å². The Morgan fingerprint density at radius 1 is 0.886 bits per heavy atom. The van der Waals surface area contributed by atoms with E-state index >= 15 is 0 Å². The highest BCUT2D eigenvalue weighted by molar-refractivity contribution is 9.10. The number of para-hydroxylation sites is 2. The zero-order chi connectivity index (χ0) is 25.1. The van der Waals surface area contributed by atoms with Gasteiger partial charge in [0.1, 0.15) is 11.4 Å². The number of methoxy groups -OCH3 is 1. The lowest BCUT2D eigenvalue weighted by molar-refractivity contribution is -0.133.